The summed E-state index contributed by atoms with van der Waals surface area (Å²) in [5, 5.41) is 3.84. The minimum atomic E-state index is 0.547. The SMILES string of the molecule is C1CCC(CNC2CC2)(CN2CC3CCC(C2)O3)CC1. The third-order valence-electron chi connectivity index (χ3n) is 5.94. The zero-order valence-corrected chi connectivity index (χ0v) is 12.8. The van der Waals surface area contributed by atoms with Crippen molar-refractivity contribution in [3.8, 4) is 0 Å². The van der Waals surface area contributed by atoms with E-state index in [2.05, 4.69) is 10.2 Å². The van der Waals surface area contributed by atoms with Crippen LogP contribution in [0.5, 0.6) is 0 Å². The Morgan fingerprint density at radius 3 is 2.30 bits per heavy atom. The van der Waals surface area contributed by atoms with Crippen molar-refractivity contribution in [3.63, 3.8) is 0 Å². The number of fused-ring (bicyclic) bond motifs is 2. The molecule has 2 aliphatic heterocycles. The minimum absolute atomic E-state index is 0.547. The number of nitrogens with one attached hydrogen (secondary N) is 1. The van der Waals surface area contributed by atoms with Gasteiger partial charge in [0.15, 0.2) is 0 Å². The maximum absolute atomic E-state index is 6.00. The van der Waals surface area contributed by atoms with E-state index in [4.69, 9.17) is 4.74 Å². The molecule has 0 amide bonds. The molecule has 4 aliphatic rings. The largest absolute Gasteiger partial charge is 0.372 e. The Morgan fingerprint density at radius 1 is 0.950 bits per heavy atom. The first-order valence-corrected chi connectivity index (χ1v) is 8.93. The molecule has 0 aromatic carbocycles. The van der Waals surface area contributed by atoms with Crippen molar-refractivity contribution < 1.29 is 4.74 Å². The monoisotopic (exact) mass is 278 g/mol. The third kappa shape index (κ3) is 3.05. The van der Waals surface area contributed by atoms with Crippen molar-refractivity contribution in [1.29, 1.82) is 0 Å². The van der Waals surface area contributed by atoms with Gasteiger partial charge in [-0.3, -0.25) is 4.90 Å². The lowest BCUT2D eigenvalue weighted by molar-refractivity contribution is -0.0542. The van der Waals surface area contributed by atoms with Crippen molar-refractivity contribution in [2.45, 2.75) is 76.0 Å². The minimum Gasteiger partial charge on any atom is -0.372 e. The zero-order valence-electron chi connectivity index (χ0n) is 12.8. The fourth-order valence-electron chi connectivity index (χ4n) is 4.64. The van der Waals surface area contributed by atoms with Crippen molar-refractivity contribution in [2.24, 2.45) is 5.41 Å². The quantitative estimate of drug-likeness (QED) is 0.836. The van der Waals surface area contributed by atoms with E-state index in [9.17, 15) is 0 Å². The maximum Gasteiger partial charge on any atom is 0.0707 e. The number of hydrogen-bond acceptors (Lipinski definition) is 3. The highest BCUT2D eigenvalue weighted by atomic mass is 16.5. The highest BCUT2D eigenvalue weighted by Gasteiger charge is 2.40. The summed E-state index contributed by atoms with van der Waals surface area (Å²) in [6.45, 7) is 4.98. The average Bonchev–Trinajstić information content (AvgIpc) is 3.23. The van der Waals surface area contributed by atoms with Gasteiger partial charge in [-0.25, -0.2) is 0 Å². The van der Waals surface area contributed by atoms with Gasteiger partial charge in [-0.1, -0.05) is 19.3 Å². The van der Waals surface area contributed by atoms with Gasteiger partial charge in [0.05, 0.1) is 12.2 Å². The van der Waals surface area contributed by atoms with Gasteiger partial charge in [-0.05, 0) is 43.9 Å². The summed E-state index contributed by atoms with van der Waals surface area (Å²) in [5.74, 6) is 0. The van der Waals surface area contributed by atoms with Crippen LogP contribution < -0.4 is 5.32 Å². The van der Waals surface area contributed by atoms with Crippen LogP contribution >= 0.6 is 0 Å². The fourth-order valence-corrected chi connectivity index (χ4v) is 4.64. The van der Waals surface area contributed by atoms with Gasteiger partial charge in [0, 0.05) is 32.2 Å². The molecule has 2 saturated carbocycles. The van der Waals surface area contributed by atoms with Crippen molar-refractivity contribution in [3.05, 3.63) is 0 Å². The van der Waals surface area contributed by atoms with E-state index in [1.807, 2.05) is 0 Å². The Hall–Kier alpha value is -0.120. The van der Waals surface area contributed by atoms with Crippen LogP contribution in [0.25, 0.3) is 0 Å². The van der Waals surface area contributed by atoms with Crippen LogP contribution in [0.4, 0.5) is 0 Å². The van der Waals surface area contributed by atoms with Gasteiger partial charge in [0.25, 0.3) is 0 Å². The first-order valence-electron chi connectivity index (χ1n) is 8.93. The number of ether oxygens (including phenoxy) is 1. The van der Waals surface area contributed by atoms with Crippen LogP contribution in [0.3, 0.4) is 0 Å². The molecule has 2 aliphatic carbocycles. The summed E-state index contributed by atoms with van der Waals surface area (Å²) < 4.78 is 6.00. The van der Waals surface area contributed by atoms with Gasteiger partial charge >= 0.3 is 0 Å². The highest BCUT2D eigenvalue weighted by molar-refractivity contribution is 4.94. The Bertz CT molecular complexity index is 324. The molecule has 0 spiro atoms. The number of morpholine rings is 1. The molecule has 0 aromatic rings. The lowest BCUT2D eigenvalue weighted by Crippen LogP contribution is -2.51. The first kappa shape index (κ1) is 13.5. The molecule has 2 heterocycles. The van der Waals surface area contributed by atoms with E-state index >= 15 is 0 Å². The van der Waals surface area contributed by atoms with Crippen LogP contribution in [0.15, 0.2) is 0 Å². The lowest BCUT2D eigenvalue weighted by Gasteiger charge is -2.43. The van der Waals surface area contributed by atoms with Gasteiger partial charge in [0.1, 0.15) is 0 Å². The molecule has 4 rings (SSSR count). The second-order valence-corrected chi connectivity index (χ2v) is 7.87. The predicted molar refractivity (Wildman–Crippen MR) is 80.9 cm³/mol. The summed E-state index contributed by atoms with van der Waals surface area (Å²) in [4.78, 5) is 2.74. The molecule has 20 heavy (non-hydrogen) atoms. The lowest BCUT2D eigenvalue weighted by atomic mass is 9.73. The normalized spacial score (nSPS) is 37.2. The second-order valence-electron chi connectivity index (χ2n) is 7.87. The standard InChI is InChI=1S/C17H30N2O/c1-2-8-17(9-3-1,12-18-14-4-5-14)13-19-10-15-6-7-16(11-19)20-15/h14-16,18H,1-13H2. The second kappa shape index (κ2) is 5.58. The molecular weight excluding hydrogens is 248 g/mol. The van der Waals surface area contributed by atoms with Gasteiger partial charge in [0.2, 0.25) is 0 Å². The molecule has 1 N–H and O–H groups in total. The van der Waals surface area contributed by atoms with E-state index in [1.54, 1.807) is 0 Å². The van der Waals surface area contributed by atoms with Crippen LogP contribution in [0.2, 0.25) is 0 Å². The Labute approximate surface area is 123 Å². The van der Waals surface area contributed by atoms with E-state index < -0.39 is 0 Å². The van der Waals surface area contributed by atoms with Crippen LogP contribution in [0.1, 0.15) is 57.8 Å². The number of likely N-dealkylation sites (tertiary alicyclic amines) is 1. The number of hydrogen-bond donors (Lipinski definition) is 1. The van der Waals surface area contributed by atoms with Gasteiger partial charge in [-0.2, -0.15) is 0 Å². The molecule has 3 nitrogen and oxygen atoms in total. The summed E-state index contributed by atoms with van der Waals surface area (Å²) in [5.41, 5.74) is 0.567. The van der Waals surface area contributed by atoms with Gasteiger partial charge < -0.3 is 10.1 Å². The molecular formula is C17H30N2O. The summed E-state index contributed by atoms with van der Waals surface area (Å²) in [6.07, 6.45) is 13.8. The molecule has 3 heteroatoms. The van der Waals surface area contributed by atoms with E-state index in [0.29, 0.717) is 17.6 Å². The van der Waals surface area contributed by atoms with Crippen LogP contribution in [-0.2, 0) is 4.74 Å². The smallest absolute Gasteiger partial charge is 0.0707 e. The van der Waals surface area contributed by atoms with Crippen molar-refractivity contribution in [2.75, 3.05) is 26.2 Å². The summed E-state index contributed by atoms with van der Waals surface area (Å²) >= 11 is 0. The molecule has 4 fully saturated rings. The molecule has 2 unspecified atom stereocenters. The van der Waals surface area contributed by atoms with E-state index in [1.165, 1.54) is 84.0 Å². The molecule has 2 bridgehead atoms. The Morgan fingerprint density at radius 2 is 1.65 bits per heavy atom. The molecule has 2 saturated heterocycles. The molecule has 0 aromatic heterocycles. The zero-order chi connectivity index (χ0) is 13.4. The average molecular weight is 278 g/mol. The Balaban J connectivity index is 1.38. The maximum atomic E-state index is 6.00. The van der Waals surface area contributed by atoms with Crippen LogP contribution in [-0.4, -0.2) is 49.3 Å². The molecule has 2 atom stereocenters. The van der Waals surface area contributed by atoms with Crippen molar-refractivity contribution >= 4 is 0 Å². The van der Waals surface area contributed by atoms with Crippen LogP contribution in [0, 0.1) is 5.41 Å². The predicted octanol–water partition coefficient (Wildman–Crippen LogP) is 2.55. The topological polar surface area (TPSA) is 24.5 Å². The number of nitrogens with zero attached hydrogens (tertiary/aromatic N) is 1. The fraction of sp³-hybridized carbons (Fsp3) is 1.00. The van der Waals surface area contributed by atoms with Gasteiger partial charge in [-0.15, -0.1) is 0 Å². The third-order valence-corrected chi connectivity index (χ3v) is 5.94. The van der Waals surface area contributed by atoms with E-state index in [0.717, 1.165) is 6.04 Å². The summed E-state index contributed by atoms with van der Waals surface area (Å²) in [7, 11) is 0. The number of rotatable bonds is 5. The van der Waals surface area contributed by atoms with E-state index in [-0.39, 0.29) is 0 Å². The highest BCUT2D eigenvalue weighted by Crippen LogP contribution is 2.39. The molecule has 114 valence electrons. The molecule has 0 radical (unpaired) electrons. The first-order chi connectivity index (χ1) is 9.81. The summed E-state index contributed by atoms with van der Waals surface area (Å²) in [6, 6.07) is 0.856. The van der Waals surface area contributed by atoms with Crippen molar-refractivity contribution in [1.82, 2.24) is 10.2 Å². The Kier molecular flexibility index (Phi) is 3.78.